The zero-order valence-electron chi connectivity index (χ0n) is 11.6. The molecule has 6 nitrogen and oxygen atoms in total. The lowest BCUT2D eigenvalue weighted by Crippen LogP contribution is -2.41. The van der Waals surface area contributed by atoms with E-state index < -0.39 is 18.1 Å². The zero-order valence-corrected chi connectivity index (χ0v) is 11.6. The maximum absolute atomic E-state index is 10.9. The van der Waals surface area contributed by atoms with Crippen molar-refractivity contribution in [3.05, 3.63) is 22.8 Å². The second-order valence-corrected chi connectivity index (χ2v) is 4.34. The highest BCUT2D eigenvalue weighted by atomic mass is 16.5. The average molecular weight is 268 g/mol. The van der Waals surface area contributed by atoms with E-state index in [0.717, 1.165) is 11.1 Å². The molecule has 0 amide bonds. The highest BCUT2D eigenvalue weighted by molar-refractivity contribution is 5.75. The third kappa shape index (κ3) is 2.80. The number of carboxylic acid groups (broad SMARTS) is 1. The van der Waals surface area contributed by atoms with E-state index >= 15 is 0 Å². The third-order valence-corrected chi connectivity index (χ3v) is 3.28. The molecule has 6 heteroatoms. The highest BCUT2D eigenvalue weighted by Gasteiger charge is 2.27. The SMILES string of the molecule is COc1cc(C(N)C(N)C(=O)O)c(OC)c(C)c1C. The summed E-state index contributed by atoms with van der Waals surface area (Å²) < 4.78 is 10.6. The Morgan fingerprint density at radius 1 is 1.21 bits per heavy atom. The van der Waals surface area contributed by atoms with Crippen LogP contribution in [-0.2, 0) is 4.79 Å². The van der Waals surface area contributed by atoms with Crippen LogP contribution in [-0.4, -0.2) is 31.3 Å². The molecule has 0 aliphatic heterocycles. The predicted octanol–water partition coefficient (Wildman–Crippen LogP) is 0.732. The molecule has 19 heavy (non-hydrogen) atoms. The fraction of sp³-hybridized carbons (Fsp3) is 0.462. The van der Waals surface area contributed by atoms with Crippen LogP contribution in [0, 0.1) is 13.8 Å². The van der Waals surface area contributed by atoms with E-state index in [2.05, 4.69) is 0 Å². The van der Waals surface area contributed by atoms with Crippen molar-refractivity contribution in [2.75, 3.05) is 14.2 Å². The molecule has 0 aliphatic rings. The summed E-state index contributed by atoms with van der Waals surface area (Å²) in [5, 5.41) is 8.95. The van der Waals surface area contributed by atoms with Gasteiger partial charge in [0.1, 0.15) is 17.5 Å². The number of carbonyl (C=O) groups is 1. The first-order valence-electron chi connectivity index (χ1n) is 5.81. The summed E-state index contributed by atoms with van der Waals surface area (Å²) in [5.74, 6) is 0.00980. The van der Waals surface area contributed by atoms with Crippen LogP contribution in [0.5, 0.6) is 11.5 Å². The summed E-state index contributed by atoms with van der Waals surface area (Å²) in [4.78, 5) is 10.9. The molecule has 1 rings (SSSR count). The van der Waals surface area contributed by atoms with Gasteiger partial charge in [0, 0.05) is 5.56 Å². The van der Waals surface area contributed by atoms with Crippen molar-refractivity contribution in [2.45, 2.75) is 25.9 Å². The van der Waals surface area contributed by atoms with Crippen LogP contribution in [0.4, 0.5) is 0 Å². The van der Waals surface area contributed by atoms with Gasteiger partial charge in [-0.05, 0) is 31.0 Å². The molecule has 1 aromatic rings. The molecule has 0 spiro atoms. The van der Waals surface area contributed by atoms with E-state index in [9.17, 15) is 4.79 Å². The molecule has 0 saturated carbocycles. The standard InChI is InChI=1S/C13H20N2O4/c1-6-7(2)12(19-4)8(5-9(6)18-3)10(14)11(15)13(16)17/h5,10-11H,14-15H2,1-4H3,(H,16,17). The van der Waals surface area contributed by atoms with Gasteiger partial charge in [0.25, 0.3) is 0 Å². The fourth-order valence-corrected chi connectivity index (χ4v) is 1.96. The molecule has 0 aliphatic carbocycles. The van der Waals surface area contributed by atoms with Gasteiger partial charge in [0.15, 0.2) is 0 Å². The van der Waals surface area contributed by atoms with Crippen LogP contribution in [0.25, 0.3) is 0 Å². The first-order chi connectivity index (χ1) is 8.84. The van der Waals surface area contributed by atoms with Gasteiger partial charge in [0.05, 0.1) is 20.3 Å². The lowest BCUT2D eigenvalue weighted by molar-refractivity contribution is -0.139. The molecule has 2 atom stereocenters. The fourth-order valence-electron chi connectivity index (χ4n) is 1.96. The molecule has 0 heterocycles. The minimum absolute atomic E-state index is 0.525. The Balaban J connectivity index is 3.41. The van der Waals surface area contributed by atoms with Crippen molar-refractivity contribution >= 4 is 5.97 Å². The number of nitrogens with two attached hydrogens (primary N) is 2. The molecular weight excluding hydrogens is 248 g/mol. The maximum Gasteiger partial charge on any atom is 0.322 e. The Morgan fingerprint density at radius 2 is 1.79 bits per heavy atom. The highest BCUT2D eigenvalue weighted by Crippen LogP contribution is 2.36. The number of methoxy groups -OCH3 is 2. The van der Waals surface area contributed by atoms with Crippen LogP contribution in [0.3, 0.4) is 0 Å². The molecule has 0 radical (unpaired) electrons. The molecule has 0 bridgehead atoms. The average Bonchev–Trinajstić information content (AvgIpc) is 2.39. The predicted molar refractivity (Wildman–Crippen MR) is 71.6 cm³/mol. The smallest absolute Gasteiger partial charge is 0.322 e. The number of hydrogen-bond acceptors (Lipinski definition) is 5. The summed E-state index contributed by atoms with van der Waals surface area (Å²) in [6.45, 7) is 3.75. The van der Waals surface area contributed by atoms with Gasteiger partial charge in [-0.2, -0.15) is 0 Å². The second-order valence-electron chi connectivity index (χ2n) is 4.34. The minimum Gasteiger partial charge on any atom is -0.496 e. The molecular formula is C13H20N2O4. The molecule has 0 saturated heterocycles. The van der Waals surface area contributed by atoms with Crippen LogP contribution in [0.2, 0.25) is 0 Å². The summed E-state index contributed by atoms with van der Waals surface area (Å²) in [6.07, 6.45) is 0. The number of hydrogen-bond donors (Lipinski definition) is 3. The Labute approximate surface area is 112 Å². The third-order valence-electron chi connectivity index (χ3n) is 3.28. The van der Waals surface area contributed by atoms with E-state index in [0.29, 0.717) is 17.1 Å². The van der Waals surface area contributed by atoms with E-state index in [1.54, 1.807) is 13.2 Å². The van der Waals surface area contributed by atoms with Crippen LogP contribution in [0.1, 0.15) is 22.7 Å². The molecule has 2 unspecified atom stereocenters. The number of ether oxygens (including phenoxy) is 2. The number of rotatable bonds is 5. The maximum atomic E-state index is 10.9. The van der Waals surface area contributed by atoms with Crippen molar-refractivity contribution in [3.8, 4) is 11.5 Å². The summed E-state index contributed by atoms with van der Waals surface area (Å²) in [6, 6.07) is -0.407. The van der Waals surface area contributed by atoms with Crippen molar-refractivity contribution < 1.29 is 19.4 Å². The second kappa shape index (κ2) is 5.90. The molecule has 106 valence electrons. The minimum atomic E-state index is -1.21. The van der Waals surface area contributed by atoms with Crippen molar-refractivity contribution in [2.24, 2.45) is 11.5 Å². The quantitative estimate of drug-likeness (QED) is 0.726. The topological polar surface area (TPSA) is 108 Å². The number of carboxylic acids is 1. The van der Waals surface area contributed by atoms with Crippen LogP contribution < -0.4 is 20.9 Å². The monoisotopic (exact) mass is 268 g/mol. The normalized spacial score (nSPS) is 13.8. The van der Waals surface area contributed by atoms with Gasteiger partial charge in [-0.15, -0.1) is 0 Å². The Morgan fingerprint density at radius 3 is 2.21 bits per heavy atom. The van der Waals surface area contributed by atoms with E-state index in [-0.39, 0.29) is 0 Å². The van der Waals surface area contributed by atoms with E-state index in [4.69, 9.17) is 26.0 Å². The van der Waals surface area contributed by atoms with Crippen LogP contribution in [0.15, 0.2) is 6.07 Å². The van der Waals surface area contributed by atoms with Gasteiger partial charge in [-0.1, -0.05) is 0 Å². The summed E-state index contributed by atoms with van der Waals surface area (Å²) in [7, 11) is 3.05. The van der Waals surface area contributed by atoms with E-state index in [1.165, 1.54) is 7.11 Å². The van der Waals surface area contributed by atoms with Crippen molar-refractivity contribution in [1.82, 2.24) is 0 Å². The Kier molecular flexibility index (Phi) is 4.74. The lowest BCUT2D eigenvalue weighted by atomic mass is 9.94. The van der Waals surface area contributed by atoms with Crippen LogP contribution >= 0.6 is 0 Å². The lowest BCUT2D eigenvalue weighted by Gasteiger charge is -2.22. The number of aliphatic carboxylic acids is 1. The van der Waals surface area contributed by atoms with Gasteiger partial charge < -0.3 is 26.0 Å². The Hall–Kier alpha value is -1.79. The first-order valence-corrected chi connectivity index (χ1v) is 5.81. The molecule has 1 aromatic carbocycles. The van der Waals surface area contributed by atoms with Crippen molar-refractivity contribution in [3.63, 3.8) is 0 Å². The molecule has 5 N–H and O–H groups in total. The summed E-state index contributed by atoms with van der Waals surface area (Å²) in [5.41, 5.74) is 13.8. The van der Waals surface area contributed by atoms with Gasteiger partial charge in [0.2, 0.25) is 0 Å². The largest absolute Gasteiger partial charge is 0.496 e. The van der Waals surface area contributed by atoms with Gasteiger partial charge >= 0.3 is 5.97 Å². The van der Waals surface area contributed by atoms with Gasteiger partial charge in [-0.25, -0.2) is 0 Å². The Bertz CT molecular complexity index is 488. The zero-order chi connectivity index (χ0) is 14.7. The first kappa shape index (κ1) is 15.3. The molecule has 0 aromatic heterocycles. The van der Waals surface area contributed by atoms with Gasteiger partial charge in [-0.3, -0.25) is 4.79 Å². The van der Waals surface area contributed by atoms with Crippen molar-refractivity contribution in [1.29, 1.82) is 0 Å². The summed E-state index contributed by atoms with van der Waals surface area (Å²) >= 11 is 0. The number of benzene rings is 1. The molecule has 0 fully saturated rings. The van der Waals surface area contributed by atoms with E-state index in [1.807, 2.05) is 13.8 Å².